The van der Waals surface area contributed by atoms with Crippen molar-refractivity contribution in [2.45, 2.75) is 13.0 Å². The summed E-state index contributed by atoms with van der Waals surface area (Å²) in [6, 6.07) is 7.92. The molecule has 0 saturated heterocycles. The van der Waals surface area contributed by atoms with E-state index < -0.39 is 17.9 Å². The first-order chi connectivity index (χ1) is 10.5. The molecular weight excluding hydrogens is 329 g/mol. The Kier molecular flexibility index (Phi) is 5.30. The zero-order valence-electron chi connectivity index (χ0n) is 11.5. The molecular formula is C14H13Cl2N3O3. The van der Waals surface area contributed by atoms with Crippen LogP contribution >= 0.6 is 23.2 Å². The Morgan fingerprint density at radius 3 is 2.59 bits per heavy atom. The summed E-state index contributed by atoms with van der Waals surface area (Å²) in [5.41, 5.74) is 4.88. The van der Waals surface area contributed by atoms with Crippen molar-refractivity contribution in [3.63, 3.8) is 0 Å². The van der Waals surface area contributed by atoms with Gasteiger partial charge >= 0.3 is 0 Å². The number of carbonyl (C=O) groups is 2. The number of amides is 2. The molecule has 1 atom stereocenters. The molecule has 0 radical (unpaired) electrons. The van der Waals surface area contributed by atoms with Crippen LogP contribution < -0.4 is 15.6 Å². The summed E-state index contributed by atoms with van der Waals surface area (Å²) in [4.78, 5) is 26.2. The zero-order chi connectivity index (χ0) is 16.1. The van der Waals surface area contributed by atoms with Crippen LogP contribution in [0.25, 0.3) is 0 Å². The molecule has 0 aliphatic heterocycles. The number of hydrazine groups is 1. The van der Waals surface area contributed by atoms with Gasteiger partial charge in [0.05, 0.1) is 10.0 Å². The van der Waals surface area contributed by atoms with Crippen molar-refractivity contribution in [2.24, 2.45) is 0 Å². The third-order valence-electron chi connectivity index (χ3n) is 2.71. The Hall–Kier alpha value is -2.18. The number of benzene rings is 1. The van der Waals surface area contributed by atoms with Crippen molar-refractivity contribution < 1.29 is 14.3 Å². The molecule has 0 fully saturated rings. The molecule has 0 aliphatic rings. The van der Waals surface area contributed by atoms with Crippen LogP contribution in [0, 0.1) is 0 Å². The van der Waals surface area contributed by atoms with E-state index in [1.54, 1.807) is 37.4 Å². The van der Waals surface area contributed by atoms with Crippen LogP contribution in [0.2, 0.25) is 10.0 Å². The van der Waals surface area contributed by atoms with E-state index in [1.165, 1.54) is 6.07 Å². The number of halogens is 2. The Morgan fingerprint density at radius 2 is 1.95 bits per heavy atom. The molecule has 2 rings (SSSR count). The summed E-state index contributed by atoms with van der Waals surface area (Å²) in [5.74, 6) is -0.571. The number of carbonyl (C=O) groups excluding carboxylic acids is 2. The minimum atomic E-state index is -0.832. The quantitative estimate of drug-likeness (QED) is 0.747. The normalized spacial score (nSPS) is 11.6. The number of nitrogens with one attached hydrogen (secondary N) is 3. The van der Waals surface area contributed by atoms with E-state index in [2.05, 4.69) is 15.8 Å². The first kappa shape index (κ1) is 16.2. The van der Waals surface area contributed by atoms with Gasteiger partial charge in [0.2, 0.25) is 0 Å². The topological polar surface area (TPSA) is 83.2 Å². The SMILES string of the molecule is CC(Oc1ccc(Cl)c(Cl)c1)C(=O)NNC(=O)c1ccc[nH]1. The van der Waals surface area contributed by atoms with E-state index in [9.17, 15) is 9.59 Å². The second-order valence-electron chi connectivity index (χ2n) is 4.36. The van der Waals surface area contributed by atoms with Crippen molar-refractivity contribution in [3.8, 4) is 5.75 Å². The average Bonchev–Trinajstić information content (AvgIpc) is 3.02. The van der Waals surface area contributed by atoms with Gasteiger partial charge in [0.1, 0.15) is 11.4 Å². The summed E-state index contributed by atoms with van der Waals surface area (Å²) in [6.07, 6.45) is 0.772. The van der Waals surface area contributed by atoms with Crippen LogP contribution in [-0.2, 0) is 4.79 Å². The van der Waals surface area contributed by atoms with Crippen LogP contribution in [-0.4, -0.2) is 22.9 Å². The highest BCUT2D eigenvalue weighted by Crippen LogP contribution is 2.26. The molecule has 1 heterocycles. The lowest BCUT2D eigenvalue weighted by Crippen LogP contribution is -2.47. The largest absolute Gasteiger partial charge is 0.481 e. The van der Waals surface area contributed by atoms with Crippen molar-refractivity contribution in [1.82, 2.24) is 15.8 Å². The van der Waals surface area contributed by atoms with Gasteiger partial charge in [0.15, 0.2) is 6.10 Å². The van der Waals surface area contributed by atoms with Crippen LogP contribution in [0.4, 0.5) is 0 Å². The van der Waals surface area contributed by atoms with Gasteiger partial charge in [-0.15, -0.1) is 0 Å². The molecule has 0 saturated carbocycles. The van der Waals surface area contributed by atoms with Crippen molar-refractivity contribution in [1.29, 1.82) is 0 Å². The predicted molar refractivity (Wildman–Crippen MR) is 83.0 cm³/mol. The Bertz CT molecular complexity index is 674. The van der Waals surface area contributed by atoms with Crippen LogP contribution in [0.1, 0.15) is 17.4 Å². The maximum atomic E-state index is 11.9. The molecule has 0 spiro atoms. The first-order valence-electron chi connectivity index (χ1n) is 6.32. The van der Waals surface area contributed by atoms with E-state index >= 15 is 0 Å². The maximum Gasteiger partial charge on any atom is 0.286 e. The van der Waals surface area contributed by atoms with Gasteiger partial charge < -0.3 is 9.72 Å². The zero-order valence-corrected chi connectivity index (χ0v) is 13.0. The Morgan fingerprint density at radius 1 is 1.18 bits per heavy atom. The number of rotatable bonds is 4. The second-order valence-corrected chi connectivity index (χ2v) is 5.18. The van der Waals surface area contributed by atoms with E-state index in [4.69, 9.17) is 27.9 Å². The molecule has 0 bridgehead atoms. The number of H-pyrrole nitrogens is 1. The fraction of sp³-hybridized carbons (Fsp3) is 0.143. The summed E-state index contributed by atoms with van der Waals surface area (Å²) in [5, 5.41) is 0.719. The minimum Gasteiger partial charge on any atom is -0.481 e. The maximum absolute atomic E-state index is 11.9. The Labute approximate surface area is 136 Å². The van der Waals surface area contributed by atoms with Gasteiger partial charge in [-0.1, -0.05) is 23.2 Å². The summed E-state index contributed by atoms with van der Waals surface area (Å²) >= 11 is 11.7. The van der Waals surface area contributed by atoms with Gasteiger partial charge in [-0.2, -0.15) is 0 Å². The lowest BCUT2D eigenvalue weighted by Gasteiger charge is -2.15. The molecule has 2 aromatic rings. The lowest BCUT2D eigenvalue weighted by molar-refractivity contribution is -0.128. The monoisotopic (exact) mass is 341 g/mol. The molecule has 6 nitrogen and oxygen atoms in total. The highest BCUT2D eigenvalue weighted by molar-refractivity contribution is 6.42. The standard InChI is InChI=1S/C14H13Cl2N3O3/c1-8(22-9-4-5-10(15)11(16)7-9)13(20)18-19-14(21)12-3-2-6-17-12/h2-8,17H,1H3,(H,18,20)(H,19,21). The number of ether oxygens (including phenoxy) is 1. The third kappa shape index (κ3) is 4.16. The molecule has 1 aromatic carbocycles. The fourth-order valence-corrected chi connectivity index (χ4v) is 1.85. The molecule has 3 N–H and O–H groups in total. The number of aromatic amines is 1. The number of hydrogen-bond donors (Lipinski definition) is 3. The average molecular weight is 342 g/mol. The van der Waals surface area contributed by atoms with Crippen LogP contribution in [0.15, 0.2) is 36.5 Å². The van der Waals surface area contributed by atoms with Crippen molar-refractivity contribution >= 4 is 35.0 Å². The lowest BCUT2D eigenvalue weighted by atomic mass is 10.3. The Balaban J connectivity index is 1.86. The highest BCUT2D eigenvalue weighted by atomic mass is 35.5. The van der Waals surface area contributed by atoms with Gasteiger partial charge in [0, 0.05) is 12.3 Å². The van der Waals surface area contributed by atoms with E-state index in [0.717, 1.165) is 0 Å². The molecule has 116 valence electrons. The molecule has 2 amide bonds. The highest BCUT2D eigenvalue weighted by Gasteiger charge is 2.16. The van der Waals surface area contributed by atoms with Crippen molar-refractivity contribution in [3.05, 3.63) is 52.3 Å². The number of hydrogen-bond acceptors (Lipinski definition) is 3. The van der Waals surface area contributed by atoms with Gasteiger partial charge in [-0.25, -0.2) is 0 Å². The van der Waals surface area contributed by atoms with Crippen molar-refractivity contribution in [2.75, 3.05) is 0 Å². The van der Waals surface area contributed by atoms with Gasteiger partial charge in [0.25, 0.3) is 11.8 Å². The summed E-state index contributed by atoms with van der Waals surface area (Å²) < 4.78 is 5.42. The molecule has 1 unspecified atom stereocenters. The fourth-order valence-electron chi connectivity index (χ4n) is 1.57. The van der Waals surface area contributed by atoms with Gasteiger partial charge in [-0.05, 0) is 31.2 Å². The van der Waals surface area contributed by atoms with E-state index in [0.29, 0.717) is 21.5 Å². The summed E-state index contributed by atoms with van der Waals surface area (Å²) in [6.45, 7) is 1.54. The van der Waals surface area contributed by atoms with Gasteiger partial charge in [-0.3, -0.25) is 20.4 Å². The van der Waals surface area contributed by atoms with E-state index in [1.807, 2.05) is 0 Å². The second kappa shape index (κ2) is 7.20. The van der Waals surface area contributed by atoms with E-state index in [-0.39, 0.29) is 0 Å². The number of aromatic nitrogens is 1. The summed E-state index contributed by atoms with van der Waals surface area (Å²) in [7, 11) is 0. The third-order valence-corrected chi connectivity index (χ3v) is 3.45. The smallest absolute Gasteiger partial charge is 0.286 e. The molecule has 22 heavy (non-hydrogen) atoms. The molecule has 1 aromatic heterocycles. The first-order valence-corrected chi connectivity index (χ1v) is 7.08. The minimum absolute atomic E-state index is 0.326. The van der Waals surface area contributed by atoms with Crippen LogP contribution in [0.5, 0.6) is 5.75 Å². The molecule has 0 aliphatic carbocycles. The predicted octanol–water partition coefficient (Wildman–Crippen LogP) is 2.55. The molecule has 8 heteroatoms. The van der Waals surface area contributed by atoms with Crippen LogP contribution in [0.3, 0.4) is 0 Å².